The molecule has 1 aromatic rings. The van der Waals surface area contributed by atoms with E-state index in [0.717, 1.165) is 18.4 Å². The van der Waals surface area contributed by atoms with E-state index in [9.17, 15) is 26.0 Å². The fourth-order valence-corrected chi connectivity index (χ4v) is 4.26. The highest BCUT2D eigenvalue weighted by atomic mass is 32.2. The maximum atomic E-state index is 13.9. The molecule has 1 aromatic carbocycles. The summed E-state index contributed by atoms with van der Waals surface area (Å²) >= 11 is 0. The molecular weight excluding hydrogens is 416 g/mol. The maximum absolute atomic E-state index is 13.9. The first kappa shape index (κ1) is 22.4. The first-order chi connectivity index (χ1) is 13.5. The molecule has 0 bridgehead atoms. The van der Waals surface area contributed by atoms with Crippen LogP contribution >= 0.6 is 0 Å². The number of rotatable bonds is 5. The van der Waals surface area contributed by atoms with E-state index in [0.29, 0.717) is 44.7 Å². The minimum atomic E-state index is -4.73. The van der Waals surface area contributed by atoms with Crippen molar-refractivity contribution in [2.24, 2.45) is 0 Å². The third-order valence-corrected chi connectivity index (χ3v) is 5.78. The van der Waals surface area contributed by atoms with E-state index in [2.05, 4.69) is 4.72 Å². The van der Waals surface area contributed by atoms with Gasteiger partial charge in [0.05, 0.1) is 31.1 Å². The van der Waals surface area contributed by atoms with Crippen LogP contribution in [0.2, 0.25) is 0 Å². The summed E-state index contributed by atoms with van der Waals surface area (Å²) in [5, 5.41) is 0. The quantitative estimate of drug-likeness (QED) is 0.711. The number of halogens is 4. The highest BCUT2D eigenvalue weighted by Gasteiger charge is 2.43. The standard InChI is InChI=1S/C18H24F4N2O4S/c1-29(25,26)23-9-14-4-5-17(28-14)11-24(6-7-27-12-17)10-13-2-3-15(16(19)8-13)18(20,21)22/h2-3,8,14,23H,4-7,9-12H2,1H3/t14-,17-/m1/s1. The highest BCUT2D eigenvalue weighted by molar-refractivity contribution is 7.88. The van der Waals surface area contributed by atoms with Gasteiger partial charge in [-0.3, -0.25) is 4.90 Å². The fraction of sp³-hybridized carbons (Fsp3) is 0.667. The number of ether oxygens (including phenoxy) is 2. The smallest absolute Gasteiger partial charge is 0.377 e. The second kappa shape index (κ2) is 8.46. The molecule has 11 heteroatoms. The number of alkyl halides is 3. The predicted octanol–water partition coefficient (Wildman–Crippen LogP) is 2.14. The molecule has 3 rings (SSSR count). The molecule has 0 amide bonds. The van der Waals surface area contributed by atoms with Crippen LogP contribution in [0.5, 0.6) is 0 Å². The summed E-state index contributed by atoms with van der Waals surface area (Å²) < 4.78 is 88.8. The van der Waals surface area contributed by atoms with E-state index < -0.39 is 33.2 Å². The molecule has 2 atom stereocenters. The van der Waals surface area contributed by atoms with Gasteiger partial charge in [-0.25, -0.2) is 17.5 Å². The van der Waals surface area contributed by atoms with Crippen LogP contribution in [-0.2, 0) is 32.2 Å². The molecule has 2 saturated heterocycles. The zero-order valence-electron chi connectivity index (χ0n) is 16.0. The zero-order chi connectivity index (χ0) is 21.3. The second-order valence-corrected chi connectivity index (χ2v) is 9.49. The van der Waals surface area contributed by atoms with Crippen LogP contribution in [0.1, 0.15) is 24.0 Å². The van der Waals surface area contributed by atoms with Crippen molar-refractivity contribution in [3.63, 3.8) is 0 Å². The molecule has 0 saturated carbocycles. The topological polar surface area (TPSA) is 67.9 Å². The molecular formula is C18H24F4N2O4S. The van der Waals surface area contributed by atoms with Gasteiger partial charge in [0.15, 0.2) is 0 Å². The molecule has 2 heterocycles. The van der Waals surface area contributed by atoms with E-state index in [1.165, 1.54) is 6.07 Å². The largest absolute Gasteiger partial charge is 0.419 e. The third-order valence-electron chi connectivity index (χ3n) is 5.09. The van der Waals surface area contributed by atoms with Gasteiger partial charge >= 0.3 is 6.18 Å². The monoisotopic (exact) mass is 440 g/mol. The van der Waals surface area contributed by atoms with Crippen LogP contribution in [0.3, 0.4) is 0 Å². The van der Waals surface area contributed by atoms with Crippen molar-refractivity contribution in [2.75, 3.05) is 39.1 Å². The lowest BCUT2D eigenvalue weighted by atomic mass is 9.99. The van der Waals surface area contributed by atoms with Gasteiger partial charge in [0.2, 0.25) is 10.0 Å². The first-order valence-corrected chi connectivity index (χ1v) is 11.1. The number of hydrogen-bond acceptors (Lipinski definition) is 5. The summed E-state index contributed by atoms with van der Waals surface area (Å²) in [7, 11) is -3.32. The summed E-state index contributed by atoms with van der Waals surface area (Å²) in [5.41, 5.74) is -1.47. The van der Waals surface area contributed by atoms with Crippen LogP contribution < -0.4 is 4.72 Å². The Bertz CT molecular complexity index is 834. The average Bonchev–Trinajstić information content (AvgIpc) is 2.87. The van der Waals surface area contributed by atoms with Crippen LogP contribution in [0.4, 0.5) is 17.6 Å². The Morgan fingerprint density at radius 2 is 2.10 bits per heavy atom. The summed E-state index contributed by atoms with van der Waals surface area (Å²) in [6.07, 6.45) is -2.60. The third kappa shape index (κ3) is 6.11. The van der Waals surface area contributed by atoms with E-state index in [4.69, 9.17) is 9.47 Å². The van der Waals surface area contributed by atoms with Gasteiger partial charge in [-0.05, 0) is 30.5 Å². The number of benzene rings is 1. The number of hydrogen-bond donors (Lipinski definition) is 1. The summed E-state index contributed by atoms with van der Waals surface area (Å²) in [6, 6.07) is 2.95. The van der Waals surface area contributed by atoms with Crippen molar-refractivity contribution < 1.29 is 35.5 Å². The van der Waals surface area contributed by atoms with Crippen molar-refractivity contribution >= 4 is 10.0 Å². The minimum absolute atomic E-state index is 0.171. The van der Waals surface area contributed by atoms with Gasteiger partial charge in [-0.15, -0.1) is 0 Å². The first-order valence-electron chi connectivity index (χ1n) is 9.24. The van der Waals surface area contributed by atoms with Crippen molar-refractivity contribution in [2.45, 2.75) is 37.3 Å². The minimum Gasteiger partial charge on any atom is -0.377 e. The highest BCUT2D eigenvalue weighted by Crippen LogP contribution is 2.34. The van der Waals surface area contributed by atoms with Crippen LogP contribution in [-0.4, -0.2) is 64.1 Å². The van der Waals surface area contributed by atoms with Crippen LogP contribution in [0, 0.1) is 5.82 Å². The number of nitrogens with zero attached hydrogens (tertiary/aromatic N) is 1. The Morgan fingerprint density at radius 1 is 1.34 bits per heavy atom. The zero-order valence-corrected chi connectivity index (χ0v) is 16.8. The molecule has 0 aliphatic carbocycles. The number of nitrogens with one attached hydrogen (secondary N) is 1. The van der Waals surface area contributed by atoms with Crippen molar-refractivity contribution in [3.05, 3.63) is 35.1 Å². The summed E-state index contributed by atoms with van der Waals surface area (Å²) in [4.78, 5) is 1.96. The second-order valence-electron chi connectivity index (χ2n) is 7.66. The molecule has 1 N–H and O–H groups in total. The van der Waals surface area contributed by atoms with E-state index in [1.54, 1.807) is 0 Å². The Morgan fingerprint density at radius 3 is 2.76 bits per heavy atom. The van der Waals surface area contributed by atoms with Crippen molar-refractivity contribution in [3.8, 4) is 0 Å². The van der Waals surface area contributed by atoms with E-state index in [-0.39, 0.29) is 19.2 Å². The normalized spacial score (nSPS) is 26.7. The van der Waals surface area contributed by atoms with Gasteiger partial charge < -0.3 is 9.47 Å². The Labute approximate surface area is 167 Å². The average molecular weight is 440 g/mol. The summed E-state index contributed by atoms with van der Waals surface area (Å²) in [6.45, 7) is 2.19. The Balaban J connectivity index is 1.65. The van der Waals surface area contributed by atoms with E-state index >= 15 is 0 Å². The SMILES string of the molecule is CS(=O)(=O)NC[C@H]1CC[C@@]2(COCCN(Cc3ccc(C(F)(F)F)c(F)c3)C2)O1. The van der Waals surface area contributed by atoms with Gasteiger partial charge in [0, 0.05) is 26.2 Å². The molecule has 2 fully saturated rings. The molecule has 1 spiro atoms. The summed E-state index contributed by atoms with van der Waals surface area (Å²) in [5.74, 6) is -1.29. The molecule has 6 nitrogen and oxygen atoms in total. The van der Waals surface area contributed by atoms with Crippen LogP contribution in [0.15, 0.2) is 18.2 Å². The van der Waals surface area contributed by atoms with Gasteiger partial charge in [0.1, 0.15) is 11.4 Å². The van der Waals surface area contributed by atoms with Crippen LogP contribution in [0.25, 0.3) is 0 Å². The fourth-order valence-electron chi connectivity index (χ4n) is 3.77. The molecule has 2 aliphatic rings. The lowest BCUT2D eigenvalue weighted by Gasteiger charge is -2.32. The van der Waals surface area contributed by atoms with Gasteiger partial charge in [-0.2, -0.15) is 13.2 Å². The lowest BCUT2D eigenvalue weighted by Crippen LogP contribution is -2.45. The van der Waals surface area contributed by atoms with E-state index in [1.807, 2.05) is 4.90 Å². The molecule has 164 valence electrons. The molecule has 2 aliphatic heterocycles. The number of sulfonamides is 1. The van der Waals surface area contributed by atoms with Gasteiger partial charge in [-0.1, -0.05) is 6.07 Å². The lowest BCUT2D eigenvalue weighted by molar-refractivity contribution is -0.140. The Hall–Kier alpha value is -1.27. The predicted molar refractivity (Wildman–Crippen MR) is 97.2 cm³/mol. The van der Waals surface area contributed by atoms with Crippen molar-refractivity contribution in [1.29, 1.82) is 0 Å². The Kier molecular flexibility index (Phi) is 6.54. The molecule has 29 heavy (non-hydrogen) atoms. The molecule has 0 unspecified atom stereocenters. The molecule has 0 aromatic heterocycles. The molecule has 0 radical (unpaired) electrons. The maximum Gasteiger partial charge on any atom is 0.419 e. The van der Waals surface area contributed by atoms with Gasteiger partial charge in [0.25, 0.3) is 0 Å². The van der Waals surface area contributed by atoms with Crippen molar-refractivity contribution in [1.82, 2.24) is 9.62 Å².